The topological polar surface area (TPSA) is 21.3 Å². The number of ether oxygens (including phenoxy) is 1. The SMILES string of the molecule is CNC1CCC(Oc2ccccc2C(F)(F)F)C1. The lowest BCUT2D eigenvalue weighted by atomic mass is 10.2. The van der Waals surface area contributed by atoms with Crippen LogP contribution in [0.5, 0.6) is 5.75 Å². The summed E-state index contributed by atoms with van der Waals surface area (Å²) in [6.07, 6.45) is -2.01. The first-order chi connectivity index (χ1) is 8.50. The first-order valence-corrected chi connectivity index (χ1v) is 6.01. The zero-order chi connectivity index (χ0) is 13.2. The minimum Gasteiger partial charge on any atom is -0.490 e. The number of benzene rings is 1. The van der Waals surface area contributed by atoms with Gasteiger partial charge in [-0.2, -0.15) is 13.2 Å². The van der Waals surface area contributed by atoms with Crippen molar-refractivity contribution in [1.29, 1.82) is 0 Å². The van der Waals surface area contributed by atoms with E-state index in [0.717, 1.165) is 25.3 Å². The fourth-order valence-corrected chi connectivity index (χ4v) is 2.29. The molecule has 1 N–H and O–H groups in total. The predicted octanol–water partition coefficient (Wildman–Crippen LogP) is 3.22. The van der Waals surface area contributed by atoms with Crippen LogP contribution in [0.2, 0.25) is 0 Å². The maximum absolute atomic E-state index is 12.8. The van der Waals surface area contributed by atoms with Gasteiger partial charge in [-0.1, -0.05) is 12.1 Å². The third-order valence-electron chi connectivity index (χ3n) is 3.28. The van der Waals surface area contributed by atoms with E-state index in [4.69, 9.17) is 4.74 Å². The summed E-state index contributed by atoms with van der Waals surface area (Å²) < 4.78 is 43.8. The third-order valence-corrected chi connectivity index (χ3v) is 3.28. The number of alkyl halides is 3. The Morgan fingerprint density at radius 1 is 1.22 bits per heavy atom. The molecule has 1 saturated carbocycles. The van der Waals surface area contributed by atoms with Crippen LogP contribution in [0, 0.1) is 0 Å². The van der Waals surface area contributed by atoms with Gasteiger partial charge in [0.2, 0.25) is 0 Å². The molecule has 0 heterocycles. The van der Waals surface area contributed by atoms with E-state index < -0.39 is 11.7 Å². The molecular weight excluding hydrogens is 243 g/mol. The Balaban J connectivity index is 2.10. The molecule has 1 fully saturated rings. The third kappa shape index (κ3) is 2.96. The van der Waals surface area contributed by atoms with Gasteiger partial charge in [0.15, 0.2) is 0 Å². The summed E-state index contributed by atoms with van der Waals surface area (Å²) in [6.45, 7) is 0. The van der Waals surface area contributed by atoms with E-state index in [9.17, 15) is 13.2 Å². The van der Waals surface area contributed by atoms with E-state index in [0.29, 0.717) is 6.04 Å². The molecule has 1 aromatic rings. The van der Waals surface area contributed by atoms with Crippen LogP contribution in [0.3, 0.4) is 0 Å². The Bertz CT molecular complexity index is 405. The van der Waals surface area contributed by atoms with E-state index in [1.165, 1.54) is 12.1 Å². The van der Waals surface area contributed by atoms with E-state index in [1.54, 1.807) is 6.07 Å². The Hall–Kier alpha value is -1.23. The number of hydrogen-bond acceptors (Lipinski definition) is 2. The van der Waals surface area contributed by atoms with Crippen molar-refractivity contribution in [3.8, 4) is 5.75 Å². The van der Waals surface area contributed by atoms with Gasteiger partial charge in [-0.25, -0.2) is 0 Å². The van der Waals surface area contributed by atoms with Crippen LogP contribution in [0.25, 0.3) is 0 Å². The minimum absolute atomic E-state index is 0.0632. The van der Waals surface area contributed by atoms with Crippen molar-refractivity contribution in [2.24, 2.45) is 0 Å². The van der Waals surface area contributed by atoms with Crippen LogP contribution < -0.4 is 10.1 Å². The van der Waals surface area contributed by atoms with Gasteiger partial charge in [-0.15, -0.1) is 0 Å². The van der Waals surface area contributed by atoms with Gasteiger partial charge >= 0.3 is 6.18 Å². The van der Waals surface area contributed by atoms with Gasteiger partial charge in [-0.3, -0.25) is 0 Å². The number of hydrogen-bond donors (Lipinski definition) is 1. The number of halogens is 3. The van der Waals surface area contributed by atoms with E-state index >= 15 is 0 Å². The molecule has 1 aromatic carbocycles. The highest BCUT2D eigenvalue weighted by Gasteiger charge is 2.35. The maximum Gasteiger partial charge on any atom is 0.419 e. The molecule has 0 spiro atoms. The van der Waals surface area contributed by atoms with Crippen molar-refractivity contribution in [1.82, 2.24) is 5.32 Å². The maximum atomic E-state index is 12.8. The van der Waals surface area contributed by atoms with Crippen molar-refractivity contribution in [2.75, 3.05) is 7.05 Å². The largest absolute Gasteiger partial charge is 0.490 e. The Kier molecular flexibility index (Phi) is 3.80. The second-order valence-corrected chi connectivity index (χ2v) is 4.53. The summed E-state index contributed by atoms with van der Waals surface area (Å²) in [5, 5.41) is 3.12. The summed E-state index contributed by atoms with van der Waals surface area (Å²) in [6, 6.07) is 5.72. The monoisotopic (exact) mass is 259 g/mol. The van der Waals surface area contributed by atoms with Gasteiger partial charge in [0.05, 0.1) is 5.56 Å². The Morgan fingerprint density at radius 3 is 2.56 bits per heavy atom. The molecular formula is C13H16F3NO. The van der Waals surface area contributed by atoms with Crippen LogP contribution in [0.15, 0.2) is 24.3 Å². The number of rotatable bonds is 3. The number of nitrogens with one attached hydrogen (secondary N) is 1. The fourth-order valence-electron chi connectivity index (χ4n) is 2.29. The average molecular weight is 259 g/mol. The summed E-state index contributed by atoms with van der Waals surface area (Å²) >= 11 is 0. The van der Waals surface area contributed by atoms with Gasteiger partial charge in [0, 0.05) is 6.04 Å². The Labute approximate surface area is 104 Å². The molecule has 0 aliphatic heterocycles. The molecule has 0 bridgehead atoms. The standard InChI is InChI=1S/C13H16F3NO/c1-17-9-6-7-10(8-9)18-12-5-3-2-4-11(12)13(14,15)16/h2-5,9-10,17H,6-8H2,1H3. The highest BCUT2D eigenvalue weighted by Crippen LogP contribution is 2.37. The molecule has 18 heavy (non-hydrogen) atoms. The summed E-state index contributed by atoms with van der Waals surface area (Å²) in [5.74, 6) is -0.0632. The van der Waals surface area contributed by atoms with Crippen LogP contribution in [0.1, 0.15) is 24.8 Å². The van der Waals surface area contributed by atoms with Crippen molar-refractivity contribution in [3.63, 3.8) is 0 Å². The first-order valence-electron chi connectivity index (χ1n) is 6.01. The van der Waals surface area contributed by atoms with E-state index in [1.807, 2.05) is 7.05 Å². The van der Waals surface area contributed by atoms with Crippen LogP contribution in [-0.4, -0.2) is 19.2 Å². The van der Waals surface area contributed by atoms with Gasteiger partial charge < -0.3 is 10.1 Å². The normalized spacial score (nSPS) is 24.2. The molecule has 2 rings (SSSR count). The molecule has 1 aliphatic rings. The lowest BCUT2D eigenvalue weighted by Crippen LogP contribution is -2.24. The van der Waals surface area contributed by atoms with Crippen LogP contribution in [0.4, 0.5) is 13.2 Å². The highest BCUT2D eigenvalue weighted by molar-refractivity contribution is 5.35. The summed E-state index contributed by atoms with van der Waals surface area (Å²) in [4.78, 5) is 0. The van der Waals surface area contributed by atoms with Crippen molar-refractivity contribution in [3.05, 3.63) is 29.8 Å². The zero-order valence-electron chi connectivity index (χ0n) is 10.1. The molecule has 0 amide bonds. The zero-order valence-corrected chi connectivity index (χ0v) is 10.1. The number of para-hydroxylation sites is 1. The second kappa shape index (κ2) is 5.18. The minimum atomic E-state index is -4.36. The predicted molar refractivity (Wildman–Crippen MR) is 62.6 cm³/mol. The molecule has 2 nitrogen and oxygen atoms in total. The van der Waals surface area contributed by atoms with Crippen LogP contribution >= 0.6 is 0 Å². The van der Waals surface area contributed by atoms with Gasteiger partial charge in [-0.05, 0) is 38.4 Å². The van der Waals surface area contributed by atoms with E-state index in [2.05, 4.69) is 5.32 Å². The van der Waals surface area contributed by atoms with E-state index in [-0.39, 0.29) is 11.9 Å². The van der Waals surface area contributed by atoms with Crippen LogP contribution in [-0.2, 0) is 6.18 Å². The second-order valence-electron chi connectivity index (χ2n) is 4.53. The molecule has 2 atom stereocenters. The summed E-state index contributed by atoms with van der Waals surface area (Å²) in [7, 11) is 1.86. The van der Waals surface area contributed by atoms with Crippen molar-refractivity contribution < 1.29 is 17.9 Å². The molecule has 5 heteroatoms. The van der Waals surface area contributed by atoms with Gasteiger partial charge in [0.25, 0.3) is 0 Å². The first kappa shape index (κ1) is 13.2. The van der Waals surface area contributed by atoms with Gasteiger partial charge in [0.1, 0.15) is 11.9 Å². The molecule has 2 unspecified atom stereocenters. The fraction of sp³-hybridized carbons (Fsp3) is 0.538. The molecule has 1 aliphatic carbocycles. The molecule has 0 saturated heterocycles. The Morgan fingerprint density at radius 2 is 1.94 bits per heavy atom. The lowest BCUT2D eigenvalue weighted by Gasteiger charge is -2.18. The molecule has 0 radical (unpaired) electrons. The van der Waals surface area contributed by atoms with Crippen molar-refractivity contribution in [2.45, 2.75) is 37.6 Å². The molecule has 0 aromatic heterocycles. The smallest absolute Gasteiger partial charge is 0.419 e. The van der Waals surface area contributed by atoms with Crippen molar-refractivity contribution >= 4 is 0 Å². The summed E-state index contributed by atoms with van der Waals surface area (Å²) in [5.41, 5.74) is -0.696. The lowest BCUT2D eigenvalue weighted by molar-refractivity contribution is -0.139. The quantitative estimate of drug-likeness (QED) is 0.899. The highest BCUT2D eigenvalue weighted by atomic mass is 19.4. The average Bonchev–Trinajstić information content (AvgIpc) is 2.76. The molecule has 100 valence electrons.